The number of hydrogen-bond donors (Lipinski definition) is 1. The van der Waals surface area contributed by atoms with E-state index in [2.05, 4.69) is 10.1 Å². The highest BCUT2D eigenvalue weighted by Crippen LogP contribution is 2.30. The molecule has 0 aliphatic rings. The number of halogens is 4. The number of nitrogens with two attached hydrogens (primary N) is 1. The van der Waals surface area contributed by atoms with Gasteiger partial charge in [0.05, 0.1) is 0 Å². The number of primary sulfonamides is 1. The molecule has 0 aliphatic heterocycles. The Balaban J connectivity index is 3.62. The van der Waals surface area contributed by atoms with Gasteiger partial charge in [-0.2, -0.15) is 4.39 Å². The standard InChI is InChI=1S/C6H4ClF3N2O2S/c7-5-4(15(11,13)14)2(6(9)10)1-3(8)12-5/h1,6H,(H2,11,13,14). The number of sulfonamides is 1. The van der Waals surface area contributed by atoms with Crippen molar-refractivity contribution in [1.29, 1.82) is 0 Å². The van der Waals surface area contributed by atoms with Gasteiger partial charge in [0.2, 0.25) is 16.0 Å². The summed E-state index contributed by atoms with van der Waals surface area (Å²) in [6, 6.07) is 0.274. The average Bonchev–Trinajstić information content (AvgIpc) is 1.99. The Morgan fingerprint density at radius 3 is 2.40 bits per heavy atom. The summed E-state index contributed by atoms with van der Waals surface area (Å²) in [6.45, 7) is 0. The van der Waals surface area contributed by atoms with Crippen molar-refractivity contribution in [2.24, 2.45) is 5.14 Å². The van der Waals surface area contributed by atoms with Crippen molar-refractivity contribution >= 4 is 21.6 Å². The highest BCUT2D eigenvalue weighted by Gasteiger charge is 2.26. The smallest absolute Gasteiger partial charge is 0.225 e. The van der Waals surface area contributed by atoms with Crippen LogP contribution in [-0.2, 0) is 10.0 Å². The highest BCUT2D eigenvalue weighted by atomic mass is 35.5. The summed E-state index contributed by atoms with van der Waals surface area (Å²) >= 11 is 5.22. The maximum atomic E-state index is 12.6. The van der Waals surface area contributed by atoms with E-state index < -0.39 is 38.0 Å². The minimum Gasteiger partial charge on any atom is -0.225 e. The molecular formula is C6H4ClF3N2O2S. The maximum absolute atomic E-state index is 12.6. The van der Waals surface area contributed by atoms with Gasteiger partial charge >= 0.3 is 0 Å². The molecule has 1 heterocycles. The number of rotatable bonds is 2. The molecule has 0 saturated heterocycles. The molecule has 0 amide bonds. The zero-order valence-electron chi connectivity index (χ0n) is 6.92. The van der Waals surface area contributed by atoms with E-state index in [-0.39, 0.29) is 6.07 Å². The highest BCUT2D eigenvalue weighted by molar-refractivity contribution is 7.89. The van der Waals surface area contributed by atoms with Crippen LogP contribution in [0.3, 0.4) is 0 Å². The molecule has 0 unspecified atom stereocenters. The van der Waals surface area contributed by atoms with Gasteiger partial charge in [-0.1, -0.05) is 11.6 Å². The van der Waals surface area contributed by atoms with Crippen LogP contribution in [0, 0.1) is 5.95 Å². The Bertz CT molecular complexity index is 491. The van der Waals surface area contributed by atoms with Crippen LogP contribution in [0.25, 0.3) is 0 Å². The van der Waals surface area contributed by atoms with Crippen molar-refractivity contribution in [2.45, 2.75) is 11.3 Å². The van der Waals surface area contributed by atoms with Gasteiger partial charge in [-0.15, -0.1) is 0 Å². The fourth-order valence-corrected chi connectivity index (χ4v) is 2.20. The Kier molecular flexibility index (Phi) is 3.22. The minimum atomic E-state index is -4.47. The molecule has 0 spiro atoms. The van der Waals surface area contributed by atoms with Gasteiger partial charge in [-0.05, 0) is 0 Å². The first-order chi connectivity index (χ1) is 6.73. The number of pyridine rings is 1. The third-order valence-corrected chi connectivity index (χ3v) is 2.83. The van der Waals surface area contributed by atoms with Gasteiger partial charge in [0, 0.05) is 11.6 Å². The summed E-state index contributed by atoms with van der Waals surface area (Å²) in [6.07, 6.45) is -3.21. The third-order valence-electron chi connectivity index (χ3n) is 1.45. The minimum absolute atomic E-state index is 0.274. The van der Waals surface area contributed by atoms with Gasteiger partial charge in [0.15, 0.2) is 5.15 Å². The number of nitrogens with zero attached hydrogens (tertiary/aromatic N) is 1. The summed E-state index contributed by atoms with van der Waals surface area (Å²) in [5.41, 5.74) is -1.10. The molecule has 0 aromatic carbocycles. The van der Waals surface area contributed by atoms with Gasteiger partial charge in [0.1, 0.15) is 4.90 Å². The second-order valence-electron chi connectivity index (χ2n) is 2.50. The number of alkyl halides is 2. The van der Waals surface area contributed by atoms with Crippen LogP contribution >= 0.6 is 11.6 Å². The quantitative estimate of drug-likeness (QED) is 0.818. The van der Waals surface area contributed by atoms with Gasteiger partial charge < -0.3 is 0 Å². The van der Waals surface area contributed by atoms with Crippen molar-refractivity contribution in [3.05, 3.63) is 22.7 Å². The lowest BCUT2D eigenvalue weighted by molar-refractivity contribution is 0.147. The monoisotopic (exact) mass is 260 g/mol. The summed E-state index contributed by atoms with van der Waals surface area (Å²) in [5, 5.41) is 3.73. The molecule has 4 nitrogen and oxygen atoms in total. The third kappa shape index (κ3) is 2.58. The fourth-order valence-electron chi connectivity index (χ4n) is 0.934. The second-order valence-corrected chi connectivity index (χ2v) is 4.36. The molecular weight excluding hydrogens is 257 g/mol. The van der Waals surface area contributed by atoms with Crippen molar-refractivity contribution in [3.63, 3.8) is 0 Å². The van der Waals surface area contributed by atoms with Crippen molar-refractivity contribution in [3.8, 4) is 0 Å². The SMILES string of the molecule is NS(=O)(=O)c1c(C(F)F)cc(F)nc1Cl. The van der Waals surface area contributed by atoms with E-state index in [4.69, 9.17) is 11.6 Å². The molecule has 0 atom stereocenters. The maximum Gasteiger partial charge on any atom is 0.265 e. The van der Waals surface area contributed by atoms with Crippen LogP contribution < -0.4 is 5.14 Å². The van der Waals surface area contributed by atoms with Crippen LogP contribution in [0.15, 0.2) is 11.0 Å². The molecule has 0 saturated carbocycles. The van der Waals surface area contributed by atoms with Gasteiger partial charge in [-0.3, -0.25) is 0 Å². The van der Waals surface area contributed by atoms with Crippen molar-refractivity contribution < 1.29 is 21.6 Å². The molecule has 9 heteroatoms. The zero-order chi connectivity index (χ0) is 11.8. The molecule has 0 bridgehead atoms. The molecule has 1 aromatic heterocycles. The molecule has 1 aromatic rings. The predicted octanol–water partition coefficient (Wildman–Crippen LogP) is 1.46. The van der Waals surface area contributed by atoms with Crippen molar-refractivity contribution in [2.75, 3.05) is 0 Å². The molecule has 15 heavy (non-hydrogen) atoms. The molecule has 0 radical (unpaired) electrons. The zero-order valence-corrected chi connectivity index (χ0v) is 8.49. The molecule has 84 valence electrons. The molecule has 1 rings (SSSR count). The Morgan fingerprint density at radius 1 is 1.47 bits per heavy atom. The van der Waals surface area contributed by atoms with Crippen LogP contribution in [0.1, 0.15) is 12.0 Å². The molecule has 0 aliphatic carbocycles. The van der Waals surface area contributed by atoms with E-state index in [0.29, 0.717) is 0 Å². The van der Waals surface area contributed by atoms with E-state index in [9.17, 15) is 21.6 Å². The summed E-state index contributed by atoms with van der Waals surface area (Å²) in [4.78, 5) is 1.83. The first-order valence-electron chi connectivity index (χ1n) is 3.40. The summed E-state index contributed by atoms with van der Waals surface area (Å²) in [5.74, 6) is -1.30. The first-order valence-corrected chi connectivity index (χ1v) is 5.33. The lowest BCUT2D eigenvalue weighted by atomic mass is 10.3. The Hall–Kier alpha value is -0.860. The average molecular weight is 261 g/mol. The second kappa shape index (κ2) is 3.95. The van der Waals surface area contributed by atoms with E-state index in [1.165, 1.54) is 0 Å². The topological polar surface area (TPSA) is 73.1 Å². The molecule has 0 fully saturated rings. The van der Waals surface area contributed by atoms with Crippen LogP contribution in [0.2, 0.25) is 5.15 Å². The van der Waals surface area contributed by atoms with Crippen molar-refractivity contribution in [1.82, 2.24) is 4.98 Å². The predicted molar refractivity (Wildman–Crippen MR) is 45.5 cm³/mol. The fraction of sp³-hybridized carbons (Fsp3) is 0.167. The van der Waals surface area contributed by atoms with E-state index in [0.717, 1.165) is 0 Å². The Morgan fingerprint density at radius 2 is 2.00 bits per heavy atom. The van der Waals surface area contributed by atoms with E-state index in [1.807, 2.05) is 0 Å². The molecule has 2 N–H and O–H groups in total. The summed E-state index contributed by atoms with van der Waals surface area (Å²) in [7, 11) is -4.47. The lowest BCUT2D eigenvalue weighted by Crippen LogP contribution is -2.16. The van der Waals surface area contributed by atoms with Crippen LogP contribution in [0.5, 0.6) is 0 Å². The number of aromatic nitrogens is 1. The Labute approximate surface area is 87.9 Å². The largest absolute Gasteiger partial charge is 0.265 e. The van der Waals surface area contributed by atoms with E-state index in [1.54, 1.807) is 0 Å². The van der Waals surface area contributed by atoms with Crippen LogP contribution in [0.4, 0.5) is 13.2 Å². The lowest BCUT2D eigenvalue weighted by Gasteiger charge is -2.07. The number of hydrogen-bond acceptors (Lipinski definition) is 3. The summed E-state index contributed by atoms with van der Waals surface area (Å²) < 4.78 is 59.1. The first kappa shape index (κ1) is 12.2. The van der Waals surface area contributed by atoms with Gasteiger partial charge in [-0.25, -0.2) is 27.3 Å². The van der Waals surface area contributed by atoms with Crippen LogP contribution in [-0.4, -0.2) is 13.4 Å². The van der Waals surface area contributed by atoms with E-state index >= 15 is 0 Å². The normalized spacial score (nSPS) is 12.1. The van der Waals surface area contributed by atoms with Gasteiger partial charge in [0.25, 0.3) is 6.43 Å².